The number of aryl methyl sites for hydroxylation is 2. The highest BCUT2D eigenvalue weighted by Gasteiger charge is 2.12. The molecular formula is C28H42N4O4. The second-order valence-corrected chi connectivity index (χ2v) is 9.73. The third kappa shape index (κ3) is 9.32. The van der Waals surface area contributed by atoms with Crippen molar-refractivity contribution in [2.45, 2.75) is 52.4 Å². The van der Waals surface area contributed by atoms with E-state index >= 15 is 0 Å². The minimum atomic E-state index is -0.369. The van der Waals surface area contributed by atoms with Gasteiger partial charge in [-0.3, -0.25) is 10.1 Å². The molecule has 2 aliphatic heterocycles. The van der Waals surface area contributed by atoms with Crippen molar-refractivity contribution in [3.8, 4) is 11.5 Å². The average Bonchev–Trinajstić information content (AvgIpc) is 3.57. The number of rotatable bonds is 11. The zero-order chi connectivity index (χ0) is 25.8. The first-order valence-corrected chi connectivity index (χ1v) is 13.2. The molecule has 0 aliphatic carbocycles. The van der Waals surface area contributed by atoms with Crippen molar-refractivity contribution in [3.05, 3.63) is 57.6 Å². The molecule has 2 saturated heterocycles. The lowest BCUT2D eigenvalue weighted by atomic mass is 10.2. The van der Waals surface area contributed by atoms with Gasteiger partial charge in [0.1, 0.15) is 11.5 Å². The number of hydrogen-bond acceptors (Lipinski definition) is 7. The Balaban J connectivity index is 0.000000202. The van der Waals surface area contributed by atoms with Gasteiger partial charge in [-0.2, -0.15) is 0 Å². The minimum Gasteiger partial charge on any atom is -0.494 e. The number of nitrogens with two attached hydrogens (primary N) is 1. The van der Waals surface area contributed by atoms with Crippen molar-refractivity contribution in [2.24, 2.45) is 0 Å². The van der Waals surface area contributed by atoms with E-state index in [-0.39, 0.29) is 10.6 Å². The summed E-state index contributed by atoms with van der Waals surface area (Å²) in [5.74, 6) is 1.64. The molecule has 2 heterocycles. The van der Waals surface area contributed by atoms with Crippen LogP contribution in [-0.4, -0.2) is 67.2 Å². The van der Waals surface area contributed by atoms with Crippen LogP contribution in [0.2, 0.25) is 0 Å². The van der Waals surface area contributed by atoms with Crippen LogP contribution in [0.25, 0.3) is 0 Å². The maximum atomic E-state index is 10.7. The molecule has 2 N–H and O–H groups in total. The molecule has 8 heteroatoms. The Bertz CT molecular complexity index is 957. The van der Waals surface area contributed by atoms with Crippen LogP contribution in [0.15, 0.2) is 36.4 Å². The standard InChI is InChI=1S/C14H20N2O3.C14H22N2O/c1-12-11-13(5-6-14(12)16(17)18)19-10-4-9-15-7-2-3-8-15;1-12-11-13(5-6-14(12)15)17-10-4-9-16-7-2-3-8-16/h5-6,11H,2-4,7-10H2,1H3;5-6,11H,2-4,7-10,15H2,1H3. The number of hydrogen-bond donors (Lipinski definition) is 1. The highest BCUT2D eigenvalue weighted by molar-refractivity contribution is 5.49. The molecule has 0 atom stereocenters. The van der Waals surface area contributed by atoms with Gasteiger partial charge in [-0.05, 0) is 114 Å². The summed E-state index contributed by atoms with van der Waals surface area (Å²) < 4.78 is 11.4. The Morgan fingerprint density at radius 3 is 1.72 bits per heavy atom. The van der Waals surface area contributed by atoms with E-state index in [0.29, 0.717) is 17.9 Å². The first-order valence-electron chi connectivity index (χ1n) is 13.2. The highest BCUT2D eigenvalue weighted by Crippen LogP contribution is 2.23. The van der Waals surface area contributed by atoms with Crippen LogP contribution in [0.4, 0.5) is 11.4 Å². The van der Waals surface area contributed by atoms with Gasteiger partial charge in [0.05, 0.1) is 18.1 Å². The molecule has 8 nitrogen and oxygen atoms in total. The van der Waals surface area contributed by atoms with E-state index in [9.17, 15) is 10.1 Å². The maximum Gasteiger partial charge on any atom is 0.272 e. The zero-order valence-electron chi connectivity index (χ0n) is 21.9. The molecule has 0 amide bonds. The number of benzene rings is 2. The van der Waals surface area contributed by atoms with Crippen molar-refractivity contribution in [3.63, 3.8) is 0 Å². The molecule has 0 radical (unpaired) electrons. The summed E-state index contributed by atoms with van der Waals surface area (Å²) in [6, 6.07) is 10.8. The Morgan fingerprint density at radius 1 is 0.806 bits per heavy atom. The van der Waals surface area contributed by atoms with Gasteiger partial charge >= 0.3 is 0 Å². The van der Waals surface area contributed by atoms with Crippen molar-refractivity contribution >= 4 is 11.4 Å². The molecular weight excluding hydrogens is 456 g/mol. The smallest absolute Gasteiger partial charge is 0.272 e. The van der Waals surface area contributed by atoms with Gasteiger partial charge in [0, 0.05) is 30.4 Å². The quantitative estimate of drug-likeness (QED) is 0.197. The summed E-state index contributed by atoms with van der Waals surface area (Å²) >= 11 is 0. The fourth-order valence-corrected chi connectivity index (χ4v) is 4.63. The summed E-state index contributed by atoms with van der Waals surface area (Å²) in [6.07, 6.45) is 7.43. The second kappa shape index (κ2) is 14.7. The summed E-state index contributed by atoms with van der Waals surface area (Å²) in [7, 11) is 0. The number of nitro groups is 1. The predicted octanol–water partition coefficient (Wildman–Crippen LogP) is 5.21. The molecule has 2 fully saturated rings. The van der Waals surface area contributed by atoms with Crippen LogP contribution in [0.1, 0.15) is 49.7 Å². The Labute approximate surface area is 215 Å². The number of nitro benzene ring substituents is 1. The van der Waals surface area contributed by atoms with Gasteiger partial charge in [0.25, 0.3) is 5.69 Å². The number of likely N-dealkylation sites (tertiary alicyclic amines) is 2. The molecule has 0 spiro atoms. The fraction of sp³-hybridized carbons (Fsp3) is 0.571. The van der Waals surface area contributed by atoms with E-state index in [1.54, 1.807) is 19.1 Å². The molecule has 2 aromatic rings. The summed E-state index contributed by atoms with van der Waals surface area (Å²) in [4.78, 5) is 15.3. The molecule has 0 unspecified atom stereocenters. The average molecular weight is 499 g/mol. The van der Waals surface area contributed by atoms with Crippen molar-refractivity contribution in [2.75, 3.05) is 58.2 Å². The van der Waals surface area contributed by atoms with E-state index in [4.69, 9.17) is 15.2 Å². The van der Waals surface area contributed by atoms with Gasteiger partial charge in [-0.1, -0.05) is 0 Å². The number of anilines is 1. The third-order valence-corrected chi connectivity index (χ3v) is 6.78. The van der Waals surface area contributed by atoms with Crippen LogP contribution in [0.3, 0.4) is 0 Å². The summed E-state index contributed by atoms with van der Waals surface area (Å²) in [6.45, 7) is 12.4. The zero-order valence-corrected chi connectivity index (χ0v) is 21.9. The molecule has 198 valence electrons. The van der Waals surface area contributed by atoms with Gasteiger partial charge in [-0.25, -0.2) is 0 Å². The van der Waals surface area contributed by atoms with Crippen LogP contribution < -0.4 is 15.2 Å². The van der Waals surface area contributed by atoms with E-state index in [1.807, 2.05) is 25.1 Å². The molecule has 0 saturated carbocycles. The molecule has 0 bridgehead atoms. The molecule has 4 rings (SSSR count). The number of ether oxygens (including phenoxy) is 2. The minimum absolute atomic E-state index is 0.143. The van der Waals surface area contributed by atoms with Gasteiger partial charge in [-0.15, -0.1) is 0 Å². The summed E-state index contributed by atoms with van der Waals surface area (Å²) in [5, 5.41) is 10.7. The summed E-state index contributed by atoms with van der Waals surface area (Å²) in [5.41, 5.74) is 8.46. The van der Waals surface area contributed by atoms with Crippen molar-refractivity contribution in [1.82, 2.24) is 9.80 Å². The molecule has 0 aromatic heterocycles. The monoisotopic (exact) mass is 498 g/mol. The van der Waals surface area contributed by atoms with E-state index in [1.165, 1.54) is 57.9 Å². The third-order valence-electron chi connectivity index (χ3n) is 6.78. The van der Waals surface area contributed by atoms with Crippen LogP contribution in [-0.2, 0) is 0 Å². The SMILES string of the molecule is Cc1cc(OCCCN2CCCC2)ccc1N.Cc1cc(OCCCN2CCCC2)ccc1[N+](=O)[O-]. The Kier molecular flexibility index (Phi) is 11.3. The first kappa shape index (κ1) is 27.7. The van der Waals surface area contributed by atoms with Crippen LogP contribution >= 0.6 is 0 Å². The van der Waals surface area contributed by atoms with Crippen LogP contribution in [0, 0.1) is 24.0 Å². The molecule has 36 heavy (non-hydrogen) atoms. The van der Waals surface area contributed by atoms with Gasteiger partial charge in [0.15, 0.2) is 0 Å². The predicted molar refractivity (Wildman–Crippen MR) is 145 cm³/mol. The fourth-order valence-electron chi connectivity index (χ4n) is 4.63. The van der Waals surface area contributed by atoms with Crippen molar-refractivity contribution in [1.29, 1.82) is 0 Å². The normalized spacial score (nSPS) is 15.9. The van der Waals surface area contributed by atoms with Gasteiger partial charge in [0.2, 0.25) is 0 Å². The Morgan fingerprint density at radius 2 is 1.28 bits per heavy atom. The van der Waals surface area contributed by atoms with Crippen LogP contribution in [0.5, 0.6) is 11.5 Å². The maximum absolute atomic E-state index is 10.7. The topological polar surface area (TPSA) is 94.1 Å². The number of nitrogen functional groups attached to an aromatic ring is 1. The van der Waals surface area contributed by atoms with Crippen molar-refractivity contribution < 1.29 is 14.4 Å². The van der Waals surface area contributed by atoms with E-state index in [0.717, 1.165) is 49.5 Å². The Hall–Kier alpha value is -2.84. The van der Waals surface area contributed by atoms with E-state index in [2.05, 4.69) is 9.80 Å². The molecule has 2 aromatic carbocycles. The lowest BCUT2D eigenvalue weighted by Gasteiger charge is -2.14. The lowest BCUT2D eigenvalue weighted by Crippen LogP contribution is -2.21. The highest BCUT2D eigenvalue weighted by atomic mass is 16.6. The lowest BCUT2D eigenvalue weighted by molar-refractivity contribution is -0.385. The van der Waals surface area contributed by atoms with Gasteiger partial charge < -0.3 is 25.0 Å². The number of nitrogens with zero attached hydrogens (tertiary/aromatic N) is 3. The van der Waals surface area contributed by atoms with E-state index < -0.39 is 0 Å². The first-order chi connectivity index (χ1) is 17.4. The largest absolute Gasteiger partial charge is 0.494 e. The second-order valence-electron chi connectivity index (χ2n) is 9.73. The molecule has 2 aliphatic rings.